The Morgan fingerprint density at radius 1 is 1.14 bits per heavy atom. The van der Waals surface area contributed by atoms with Crippen LogP contribution in [0.25, 0.3) is 0 Å². The Kier molecular flexibility index (Phi) is 5.79. The van der Waals surface area contributed by atoms with Crippen LogP contribution in [0, 0.1) is 25.5 Å². The number of carbonyl (C=O) groups is 1. The lowest BCUT2D eigenvalue weighted by Crippen LogP contribution is -2.27. The first-order valence-corrected chi connectivity index (χ1v) is 9.12. The van der Waals surface area contributed by atoms with Crippen LogP contribution in [-0.4, -0.2) is 27.6 Å². The van der Waals surface area contributed by atoms with Crippen molar-refractivity contribution in [1.82, 2.24) is 14.7 Å². The van der Waals surface area contributed by atoms with E-state index < -0.39 is 17.5 Å². The van der Waals surface area contributed by atoms with Crippen LogP contribution in [0.2, 0.25) is 5.02 Å². The normalized spacial score (nSPS) is 10.9. The summed E-state index contributed by atoms with van der Waals surface area (Å²) in [6, 6.07) is 10.7. The van der Waals surface area contributed by atoms with Gasteiger partial charge in [0.15, 0.2) is 11.6 Å². The monoisotopic (exact) mass is 403 g/mol. The topological polar surface area (TPSA) is 38.1 Å². The van der Waals surface area contributed by atoms with Gasteiger partial charge in [0.1, 0.15) is 0 Å². The van der Waals surface area contributed by atoms with Gasteiger partial charge in [0.2, 0.25) is 0 Å². The van der Waals surface area contributed by atoms with Crippen LogP contribution in [0.1, 0.15) is 32.9 Å². The number of benzene rings is 2. The molecule has 1 heterocycles. The predicted octanol–water partition coefficient (Wildman–Crippen LogP) is 4.75. The molecule has 0 aliphatic carbocycles. The average molecular weight is 404 g/mol. The van der Waals surface area contributed by atoms with E-state index in [9.17, 15) is 13.6 Å². The molecule has 0 saturated carbocycles. The second-order valence-electron chi connectivity index (χ2n) is 6.69. The van der Waals surface area contributed by atoms with Gasteiger partial charge in [-0.05, 0) is 43.7 Å². The van der Waals surface area contributed by atoms with E-state index in [1.165, 1.54) is 11.0 Å². The van der Waals surface area contributed by atoms with Crippen LogP contribution < -0.4 is 0 Å². The summed E-state index contributed by atoms with van der Waals surface area (Å²) < 4.78 is 28.4. The molecule has 0 N–H and O–H groups in total. The first-order chi connectivity index (χ1) is 13.3. The van der Waals surface area contributed by atoms with Crippen LogP contribution >= 0.6 is 11.6 Å². The molecular weight excluding hydrogens is 384 g/mol. The molecule has 0 spiro atoms. The van der Waals surface area contributed by atoms with Gasteiger partial charge in [-0.1, -0.05) is 29.8 Å². The van der Waals surface area contributed by atoms with E-state index in [4.69, 9.17) is 11.6 Å². The van der Waals surface area contributed by atoms with Gasteiger partial charge in [-0.2, -0.15) is 5.10 Å². The molecule has 146 valence electrons. The molecule has 3 aromatic rings. The highest BCUT2D eigenvalue weighted by atomic mass is 35.5. The molecule has 0 bridgehead atoms. The van der Waals surface area contributed by atoms with Crippen molar-refractivity contribution in [2.75, 3.05) is 7.05 Å². The third kappa shape index (κ3) is 4.07. The number of aryl methyl sites for hydroxylation is 1. The first-order valence-electron chi connectivity index (χ1n) is 8.74. The second kappa shape index (κ2) is 8.10. The largest absolute Gasteiger partial charge is 0.337 e. The summed E-state index contributed by atoms with van der Waals surface area (Å²) in [6.45, 7) is 4.63. The number of rotatable bonds is 5. The highest BCUT2D eigenvalue weighted by Gasteiger charge is 2.19. The molecule has 1 aromatic heterocycles. The fraction of sp³-hybridized carbons (Fsp3) is 0.238. The molecule has 4 nitrogen and oxygen atoms in total. The molecular formula is C21H20ClF2N3O. The molecule has 2 aromatic carbocycles. The smallest absolute Gasteiger partial charge is 0.254 e. The minimum absolute atomic E-state index is 0.0974. The van der Waals surface area contributed by atoms with E-state index in [0.717, 1.165) is 34.6 Å². The molecule has 28 heavy (non-hydrogen) atoms. The summed E-state index contributed by atoms with van der Waals surface area (Å²) in [7, 11) is 1.62. The summed E-state index contributed by atoms with van der Waals surface area (Å²) in [6.07, 6.45) is 0. The van der Waals surface area contributed by atoms with E-state index in [0.29, 0.717) is 18.1 Å². The molecule has 0 saturated heterocycles. The highest BCUT2D eigenvalue weighted by molar-refractivity contribution is 6.31. The van der Waals surface area contributed by atoms with Crippen molar-refractivity contribution in [3.05, 3.63) is 87.2 Å². The van der Waals surface area contributed by atoms with Crippen molar-refractivity contribution in [2.24, 2.45) is 0 Å². The minimum atomic E-state index is -1.04. The maximum absolute atomic E-state index is 13.4. The van der Waals surface area contributed by atoms with Gasteiger partial charge < -0.3 is 4.90 Å². The molecule has 0 aliphatic heterocycles. The lowest BCUT2D eigenvalue weighted by molar-refractivity contribution is 0.0784. The first kappa shape index (κ1) is 20.0. The number of nitrogens with zero attached hydrogens (tertiary/aromatic N) is 3. The standard InChI is InChI=1S/C21H20ClF2N3O/c1-13-17(12-26(3)21(28)15-8-9-19(23)20(24)10-15)14(2)27(25-13)11-16-6-4-5-7-18(16)22/h4-10H,11-12H2,1-3H3. The van der Waals surface area contributed by atoms with Crippen molar-refractivity contribution in [2.45, 2.75) is 26.9 Å². The molecule has 0 aliphatic rings. The quantitative estimate of drug-likeness (QED) is 0.616. The third-order valence-electron chi connectivity index (χ3n) is 4.72. The number of carbonyl (C=O) groups excluding carboxylic acids is 1. The van der Waals surface area contributed by atoms with Crippen LogP contribution in [0.5, 0.6) is 0 Å². The van der Waals surface area contributed by atoms with Crippen molar-refractivity contribution in [3.8, 4) is 0 Å². The second-order valence-corrected chi connectivity index (χ2v) is 7.10. The van der Waals surface area contributed by atoms with Crippen LogP contribution in [0.3, 0.4) is 0 Å². The van der Waals surface area contributed by atoms with E-state index in [2.05, 4.69) is 5.10 Å². The van der Waals surface area contributed by atoms with E-state index >= 15 is 0 Å². The highest BCUT2D eigenvalue weighted by Crippen LogP contribution is 2.21. The van der Waals surface area contributed by atoms with Gasteiger partial charge in [-0.3, -0.25) is 9.48 Å². The maximum Gasteiger partial charge on any atom is 0.254 e. The van der Waals surface area contributed by atoms with Crippen LogP contribution in [0.15, 0.2) is 42.5 Å². The lowest BCUT2D eigenvalue weighted by Gasteiger charge is -2.18. The fourth-order valence-corrected chi connectivity index (χ4v) is 3.26. The molecule has 0 atom stereocenters. The summed E-state index contributed by atoms with van der Waals surface area (Å²) in [4.78, 5) is 14.0. The van der Waals surface area contributed by atoms with Gasteiger partial charge in [0.05, 0.1) is 12.2 Å². The maximum atomic E-state index is 13.4. The Hall–Kier alpha value is -2.73. The van der Waals surface area contributed by atoms with E-state index in [-0.39, 0.29) is 5.56 Å². The number of amides is 1. The molecule has 0 radical (unpaired) electrons. The molecule has 7 heteroatoms. The summed E-state index contributed by atoms with van der Waals surface area (Å²) in [5, 5.41) is 5.24. The van der Waals surface area contributed by atoms with Crippen molar-refractivity contribution >= 4 is 17.5 Å². The number of hydrogen-bond donors (Lipinski definition) is 0. The lowest BCUT2D eigenvalue weighted by atomic mass is 10.1. The molecule has 3 rings (SSSR count). The minimum Gasteiger partial charge on any atom is -0.337 e. The predicted molar refractivity (Wildman–Crippen MR) is 104 cm³/mol. The van der Waals surface area contributed by atoms with E-state index in [1.54, 1.807) is 7.05 Å². The number of halogens is 3. The Morgan fingerprint density at radius 2 is 1.86 bits per heavy atom. The van der Waals surface area contributed by atoms with Gasteiger partial charge in [0.25, 0.3) is 5.91 Å². The number of aromatic nitrogens is 2. The fourth-order valence-electron chi connectivity index (χ4n) is 3.06. The van der Waals surface area contributed by atoms with Gasteiger partial charge in [-0.15, -0.1) is 0 Å². The SMILES string of the molecule is Cc1nn(Cc2ccccc2Cl)c(C)c1CN(C)C(=O)c1ccc(F)c(F)c1. The van der Waals surface area contributed by atoms with Crippen molar-refractivity contribution in [3.63, 3.8) is 0 Å². The van der Waals surface area contributed by atoms with Crippen LogP contribution in [-0.2, 0) is 13.1 Å². The molecule has 1 amide bonds. The summed E-state index contributed by atoms with van der Waals surface area (Å²) >= 11 is 6.24. The van der Waals surface area contributed by atoms with Gasteiger partial charge >= 0.3 is 0 Å². The zero-order valence-corrected chi connectivity index (χ0v) is 16.6. The molecule has 0 fully saturated rings. The van der Waals surface area contributed by atoms with Gasteiger partial charge in [0, 0.05) is 35.4 Å². The Morgan fingerprint density at radius 3 is 2.54 bits per heavy atom. The zero-order valence-electron chi connectivity index (χ0n) is 15.8. The Labute approximate surface area is 167 Å². The van der Waals surface area contributed by atoms with Gasteiger partial charge in [-0.25, -0.2) is 8.78 Å². The molecule has 0 unspecified atom stereocenters. The summed E-state index contributed by atoms with van der Waals surface area (Å²) in [5.41, 5.74) is 3.68. The third-order valence-corrected chi connectivity index (χ3v) is 5.09. The Balaban J connectivity index is 1.80. The Bertz CT molecular complexity index is 1030. The van der Waals surface area contributed by atoms with Crippen molar-refractivity contribution < 1.29 is 13.6 Å². The average Bonchev–Trinajstić information content (AvgIpc) is 2.92. The van der Waals surface area contributed by atoms with E-state index in [1.807, 2.05) is 42.8 Å². The number of hydrogen-bond acceptors (Lipinski definition) is 2. The summed E-state index contributed by atoms with van der Waals surface area (Å²) in [5.74, 6) is -2.41. The van der Waals surface area contributed by atoms with Crippen molar-refractivity contribution in [1.29, 1.82) is 0 Å². The van der Waals surface area contributed by atoms with Crippen LogP contribution in [0.4, 0.5) is 8.78 Å². The zero-order chi connectivity index (χ0) is 20.4.